The van der Waals surface area contributed by atoms with Gasteiger partial charge in [0, 0.05) is 6.07 Å². The predicted octanol–water partition coefficient (Wildman–Crippen LogP) is 3.69. The summed E-state index contributed by atoms with van der Waals surface area (Å²) in [6.45, 7) is 3.25. The standard InChI is InChI=1S/C19H18F2N2O5/c1-11(2)28-18(24)10-16(13-5-3-4-6-17(13)23(26)27)22-19(25)14-9-12(20)7-8-15(14)21/h3-9,11,16H,10H2,1-2H3,(H,22,25). The number of nitro groups is 1. The zero-order valence-corrected chi connectivity index (χ0v) is 15.1. The van der Waals surface area contributed by atoms with Crippen molar-refractivity contribution < 1.29 is 28.0 Å². The highest BCUT2D eigenvalue weighted by molar-refractivity contribution is 5.95. The van der Waals surface area contributed by atoms with E-state index in [1.165, 1.54) is 24.3 Å². The van der Waals surface area contributed by atoms with Gasteiger partial charge in [0.1, 0.15) is 11.6 Å². The number of benzene rings is 2. The fourth-order valence-electron chi connectivity index (χ4n) is 2.57. The number of ether oxygens (including phenoxy) is 1. The van der Waals surface area contributed by atoms with Crippen molar-refractivity contribution in [3.05, 3.63) is 75.3 Å². The second kappa shape index (κ2) is 9.03. The van der Waals surface area contributed by atoms with Gasteiger partial charge >= 0.3 is 5.97 Å². The van der Waals surface area contributed by atoms with E-state index in [4.69, 9.17) is 4.74 Å². The average molecular weight is 392 g/mol. The third kappa shape index (κ3) is 5.32. The summed E-state index contributed by atoms with van der Waals surface area (Å²) in [6, 6.07) is 6.68. The molecule has 1 atom stereocenters. The molecular weight excluding hydrogens is 374 g/mol. The van der Waals surface area contributed by atoms with E-state index >= 15 is 0 Å². The minimum atomic E-state index is -1.18. The molecule has 0 aromatic heterocycles. The fraction of sp³-hybridized carbons (Fsp3) is 0.263. The van der Waals surface area contributed by atoms with E-state index in [0.29, 0.717) is 6.07 Å². The van der Waals surface area contributed by atoms with Gasteiger partial charge in [-0.1, -0.05) is 18.2 Å². The van der Waals surface area contributed by atoms with E-state index < -0.39 is 52.6 Å². The van der Waals surface area contributed by atoms with Crippen LogP contribution in [-0.2, 0) is 9.53 Å². The fourth-order valence-corrected chi connectivity index (χ4v) is 2.57. The number of halogens is 2. The molecule has 2 aromatic carbocycles. The van der Waals surface area contributed by atoms with Gasteiger partial charge in [-0.25, -0.2) is 8.78 Å². The van der Waals surface area contributed by atoms with Crippen molar-refractivity contribution in [3.63, 3.8) is 0 Å². The quantitative estimate of drug-likeness (QED) is 0.440. The number of rotatable bonds is 7. The first-order valence-corrected chi connectivity index (χ1v) is 8.37. The lowest BCUT2D eigenvalue weighted by atomic mass is 10.0. The van der Waals surface area contributed by atoms with Gasteiger partial charge in [0.15, 0.2) is 0 Å². The summed E-state index contributed by atoms with van der Waals surface area (Å²) in [7, 11) is 0. The number of amides is 1. The Morgan fingerprint density at radius 2 is 1.86 bits per heavy atom. The van der Waals surface area contributed by atoms with Gasteiger partial charge < -0.3 is 10.1 Å². The summed E-state index contributed by atoms with van der Waals surface area (Å²) in [5, 5.41) is 13.7. The highest BCUT2D eigenvalue weighted by Gasteiger charge is 2.27. The van der Waals surface area contributed by atoms with Crippen LogP contribution in [0.2, 0.25) is 0 Å². The lowest BCUT2D eigenvalue weighted by Crippen LogP contribution is -2.32. The first kappa shape index (κ1) is 20.9. The number of nitrogens with one attached hydrogen (secondary N) is 1. The number of hydrogen-bond donors (Lipinski definition) is 1. The molecule has 2 rings (SSSR count). The van der Waals surface area contributed by atoms with Crippen molar-refractivity contribution in [2.24, 2.45) is 0 Å². The predicted molar refractivity (Wildman–Crippen MR) is 95.5 cm³/mol. The molecule has 7 nitrogen and oxygen atoms in total. The molecule has 9 heteroatoms. The van der Waals surface area contributed by atoms with Gasteiger partial charge in [-0.15, -0.1) is 0 Å². The van der Waals surface area contributed by atoms with Gasteiger partial charge in [-0.05, 0) is 32.0 Å². The molecule has 0 aliphatic heterocycles. The molecule has 0 radical (unpaired) electrons. The number of nitro benzene ring substituents is 1. The monoisotopic (exact) mass is 392 g/mol. The van der Waals surface area contributed by atoms with Crippen molar-refractivity contribution in [1.82, 2.24) is 5.32 Å². The summed E-state index contributed by atoms with van der Waals surface area (Å²) in [4.78, 5) is 35.2. The Morgan fingerprint density at radius 3 is 2.50 bits per heavy atom. The Labute approximate surface area is 159 Å². The Balaban J connectivity index is 2.38. The molecule has 0 aliphatic rings. The number of carbonyl (C=O) groups excluding carboxylic acids is 2. The largest absolute Gasteiger partial charge is 0.463 e. The lowest BCUT2D eigenvalue weighted by Gasteiger charge is -2.19. The maximum absolute atomic E-state index is 13.9. The van der Waals surface area contributed by atoms with Gasteiger partial charge in [-0.3, -0.25) is 19.7 Å². The molecule has 148 valence electrons. The third-order valence-electron chi connectivity index (χ3n) is 3.73. The van der Waals surface area contributed by atoms with Crippen LogP contribution in [-0.4, -0.2) is 22.9 Å². The Kier molecular flexibility index (Phi) is 6.75. The van der Waals surface area contributed by atoms with Gasteiger partial charge in [0.25, 0.3) is 11.6 Å². The van der Waals surface area contributed by atoms with Crippen LogP contribution in [0.3, 0.4) is 0 Å². The summed E-state index contributed by atoms with van der Waals surface area (Å²) in [5.74, 6) is -3.52. The maximum Gasteiger partial charge on any atom is 0.308 e. The van der Waals surface area contributed by atoms with Crippen LogP contribution in [0.4, 0.5) is 14.5 Å². The molecule has 0 saturated heterocycles. The van der Waals surface area contributed by atoms with E-state index in [1.807, 2.05) is 0 Å². The molecule has 2 aromatic rings. The minimum absolute atomic E-state index is 0.0402. The molecule has 0 spiro atoms. The van der Waals surface area contributed by atoms with Crippen LogP contribution in [0.5, 0.6) is 0 Å². The van der Waals surface area contributed by atoms with Crippen molar-refractivity contribution in [1.29, 1.82) is 0 Å². The van der Waals surface area contributed by atoms with Crippen molar-refractivity contribution >= 4 is 17.6 Å². The normalized spacial score (nSPS) is 11.8. The second-order valence-electron chi connectivity index (χ2n) is 6.21. The first-order chi connectivity index (χ1) is 13.2. The molecule has 28 heavy (non-hydrogen) atoms. The van der Waals surface area contributed by atoms with E-state index in [2.05, 4.69) is 5.32 Å². The molecule has 1 N–H and O–H groups in total. The van der Waals surface area contributed by atoms with Crippen LogP contribution in [0.1, 0.15) is 42.2 Å². The molecule has 0 fully saturated rings. The van der Waals surface area contributed by atoms with Crippen LogP contribution in [0, 0.1) is 21.7 Å². The SMILES string of the molecule is CC(C)OC(=O)CC(NC(=O)c1cc(F)ccc1F)c1ccccc1[N+](=O)[O-]. The highest BCUT2D eigenvalue weighted by Crippen LogP contribution is 2.28. The van der Waals surface area contributed by atoms with Crippen molar-refractivity contribution in [3.8, 4) is 0 Å². The lowest BCUT2D eigenvalue weighted by molar-refractivity contribution is -0.385. The average Bonchev–Trinajstić information content (AvgIpc) is 2.62. The number of nitrogens with zero attached hydrogens (tertiary/aromatic N) is 1. The molecule has 1 amide bonds. The number of esters is 1. The molecule has 1 unspecified atom stereocenters. The van der Waals surface area contributed by atoms with Gasteiger partial charge in [-0.2, -0.15) is 0 Å². The van der Waals surface area contributed by atoms with Crippen LogP contribution in [0.15, 0.2) is 42.5 Å². The number of carbonyl (C=O) groups is 2. The van der Waals surface area contributed by atoms with E-state index in [1.54, 1.807) is 13.8 Å². The number of hydrogen-bond acceptors (Lipinski definition) is 5. The van der Waals surface area contributed by atoms with Crippen LogP contribution >= 0.6 is 0 Å². The van der Waals surface area contributed by atoms with Crippen molar-refractivity contribution in [2.45, 2.75) is 32.4 Å². The summed E-state index contributed by atoms with van der Waals surface area (Å²) in [6.07, 6.45) is -0.860. The third-order valence-corrected chi connectivity index (χ3v) is 3.73. The Morgan fingerprint density at radius 1 is 1.18 bits per heavy atom. The van der Waals surface area contributed by atoms with Crippen LogP contribution < -0.4 is 5.32 Å². The van der Waals surface area contributed by atoms with Crippen molar-refractivity contribution in [2.75, 3.05) is 0 Å². The number of para-hydroxylation sites is 1. The molecule has 0 heterocycles. The topological polar surface area (TPSA) is 98.5 Å². The van der Waals surface area contributed by atoms with Gasteiger partial charge in [0.2, 0.25) is 0 Å². The summed E-state index contributed by atoms with van der Waals surface area (Å²) >= 11 is 0. The van der Waals surface area contributed by atoms with E-state index in [-0.39, 0.29) is 11.3 Å². The first-order valence-electron chi connectivity index (χ1n) is 8.37. The molecular formula is C19H18F2N2O5. The highest BCUT2D eigenvalue weighted by atomic mass is 19.1. The van der Waals surface area contributed by atoms with Crippen LogP contribution in [0.25, 0.3) is 0 Å². The van der Waals surface area contributed by atoms with E-state index in [9.17, 15) is 28.5 Å². The Hall–Kier alpha value is -3.36. The zero-order valence-electron chi connectivity index (χ0n) is 15.1. The molecule has 0 aliphatic carbocycles. The summed E-state index contributed by atoms with van der Waals surface area (Å²) < 4.78 is 32.3. The summed E-state index contributed by atoms with van der Waals surface area (Å²) in [5.41, 5.74) is -0.871. The molecule has 0 saturated carbocycles. The van der Waals surface area contributed by atoms with Gasteiger partial charge in [0.05, 0.1) is 34.6 Å². The minimum Gasteiger partial charge on any atom is -0.463 e. The maximum atomic E-state index is 13.9. The molecule has 0 bridgehead atoms. The smallest absolute Gasteiger partial charge is 0.308 e. The second-order valence-corrected chi connectivity index (χ2v) is 6.21. The van der Waals surface area contributed by atoms with E-state index in [0.717, 1.165) is 12.1 Å². The zero-order chi connectivity index (χ0) is 20.8. The Bertz CT molecular complexity index is 902.